The van der Waals surface area contributed by atoms with Crippen molar-refractivity contribution in [1.82, 2.24) is 0 Å². The molecule has 0 fully saturated rings. The average molecular weight is 314 g/mol. The molecule has 0 spiro atoms. The molecule has 0 saturated heterocycles. The van der Waals surface area contributed by atoms with Gasteiger partial charge in [0.1, 0.15) is 17.2 Å². The van der Waals surface area contributed by atoms with Gasteiger partial charge in [0.25, 0.3) is 0 Å². The Hall–Kier alpha value is -2.49. The van der Waals surface area contributed by atoms with Gasteiger partial charge in [-0.1, -0.05) is 26.0 Å². The standard InChI is InChI=1S/C19H22O4/c1-12(2)17-10-5-13(3)11-18(17)23-16-8-6-15(7-9-16)22-14(4)19(20)21/h5-12,14H,1-4H3,(H,20,21). The number of ether oxygens (including phenoxy) is 2. The first kappa shape index (κ1) is 16.9. The summed E-state index contributed by atoms with van der Waals surface area (Å²) in [5, 5.41) is 8.85. The Morgan fingerprint density at radius 3 is 2.17 bits per heavy atom. The average Bonchev–Trinajstić information content (AvgIpc) is 2.49. The number of benzene rings is 2. The first-order chi connectivity index (χ1) is 10.9. The fourth-order valence-electron chi connectivity index (χ4n) is 2.17. The Balaban J connectivity index is 2.15. The van der Waals surface area contributed by atoms with E-state index in [0.29, 0.717) is 17.4 Å². The molecule has 2 rings (SSSR count). The molecule has 122 valence electrons. The molecule has 23 heavy (non-hydrogen) atoms. The van der Waals surface area contributed by atoms with E-state index >= 15 is 0 Å². The number of carbonyl (C=O) groups is 1. The third-order valence-electron chi connectivity index (χ3n) is 3.50. The predicted octanol–water partition coefficient (Wildman–Crippen LogP) is 4.76. The molecule has 0 amide bonds. The highest BCUT2D eigenvalue weighted by Crippen LogP contribution is 2.32. The highest BCUT2D eigenvalue weighted by molar-refractivity contribution is 5.72. The van der Waals surface area contributed by atoms with Crippen LogP contribution in [0.2, 0.25) is 0 Å². The van der Waals surface area contributed by atoms with Gasteiger partial charge in [0, 0.05) is 0 Å². The van der Waals surface area contributed by atoms with Gasteiger partial charge in [-0.15, -0.1) is 0 Å². The normalized spacial score (nSPS) is 12.0. The van der Waals surface area contributed by atoms with Gasteiger partial charge in [-0.2, -0.15) is 0 Å². The third-order valence-corrected chi connectivity index (χ3v) is 3.50. The number of rotatable bonds is 6. The molecule has 0 aromatic heterocycles. The van der Waals surface area contributed by atoms with Crippen molar-refractivity contribution in [2.24, 2.45) is 0 Å². The highest BCUT2D eigenvalue weighted by Gasteiger charge is 2.13. The molecule has 1 N–H and O–H groups in total. The molecule has 0 aliphatic rings. The fourth-order valence-corrected chi connectivity index (χ4v) is 2.17. The quantitative estimate of drug-likeness (QED) is 0.835. The summed E-state index contributed by atoms with van der Waals surface area (Å²) in [4.78, 5) is 10.8. The first-order valence-corrected chi connectivity index (χ1v) is 7.64. The van der Waals surface area contributed by atoms with Crippen LogP contribution in [0.5, 0.6) is 17.2 Å². The Bertz CT molecular complexity index is 674. The van der Waals surface area contributed by atoms with Gasteiger partial charge < -0.3 is 14.6 Å². The third kappa shape index (κ3) is 4.49. The Morgan fingerprint density at radius 1 is 1.00 bits per heavy atom. The summed E-state index contributed by atoms with van der Waals surface area (Å²) in [6.07, 6.45) is -0.883. The molecular formula is C19H22O4. The first-order valence-electron chi connectivity index (χ1n) is 7.64. The van der Waals surface area contributed by atoms with E-state index in [1.807, 2.05) is 13.0 Å². The van der Waals surface area contributed by atoms with Crippen molar-refractivity contribution in [1.29, 1.82) is 0 Å². The lowest BCUT2D eigenvalue weighted by Crippen LogP contribution is -2.22. The summed E-state index contributed by atoms with van der Waals surface area (Å²) in [6.45, 7) is 7.78. The van der Waals surface area contributed by atoms with Crippen LogP contribution in [-0.4, -0.2) is 17.2 Å². The van der Waals surface area contributed by atoms with Gasteiger partial charge in [-0.3, -0.25) is 0 Å². The van der Waals surface area contributed by atoms with Crippen molar-refractivity contribution in [2.75, 3.05) is 0 Å². The lowest BCUT2D eigenvalue weighted by atomic mass is 10.0. The topological polar surface area (TPSA) is 55.8 Å². The lowest BCUT2D eigenvalue weighted by molar-refractivity contribution is -0.144. The smallest absolute Gasteiger partial charge is 0.344 e. The van der Waals surface area contributed by atoms with Crippen molar-refractivity contribution in [3.8, 4) is 17.2 Å². The van der Waals surface area contributed by atoms with E-state index in [4.69, 9.17) is 14.6 Å². The van der Waals surface area contributed by atoms with E-state index in [0.717, 1.165) is 16.9 Å². The maximum atomic E-state index is 10.8. The zero-order valence-corrected chi connectivity index (χ0v) is 13.9. The van der Waals surface area contributed by atoms with Crippen molar-refractivity contribution in [3.63, 3.8) is 0 Å². The van der Waals surface area contributed by atoms with Gasteiger partial charge in [0.05, 0.1) is 0 Å². The largest absolute Gasteiger partial charge is 0.479 e. The predicted molar refractivity (Wildman–Crippen MR) is 89.5 cm³/mol. The summed E-state index contributed by atoms with van der Waals surface area (Å²) in [5.41, 5.74) is 2.29. The molecule has 0 heterocycles. The number of carboxylic acid groups (broad SMARTS) is 1. The van der Waals surface area contributed by atoms with Crippen LogP contribution in [0, 0.1) is 6.92 Å². The van der Waals surface area contributed by atoms with Crippen LogP contribution < -0.4 is 9.47 Å². The van der Waals surface area contributed by atoms with Gasteiger partial charge in [0.15, 0.2) is 6.10 Å². The molecule has 0 aliphatic carbocycles. The summed E-state index contributed by atoms with van der Waals surface area (Å²) in [7, 11) is 0. The molecule has 0 aliphatic heterocycles. The zero-order chi connectivity index (χ0) is 17.0. The van der Waals surface area contributed by atoms with Gasteiger partial charge in [-0.05, 0) is 61.2 Å². The second kappa shape index (κ2) is 7.18. The monoisotopic (exact) mass is 314 g/mol. The van der Waals surface area contributed by atoms with Crippen molar-refractivity contribution < 1.29 is 19.4 Å². The van der Waals surface area contributed by atoms with E-state index in [2.05, 4.69) is 26.0 Å². The van der Waals surface area contributed by atoms with Gasteiger partial charge in [0.2, 0.25) is 0 Å². The zero-order valence-electron chi connectivity index (χ0n) is 13.9. The maximum absolute atomic E-state index is 10.8. The van der Waals surface area contributed by atoms with E-state index in [-0.39, 0.29) is 0 Å². The Morgan fingerprint density at radius 2 is 1.61 bits per heavy atom. The Kier molecular flexibility index (Phi) is 5.27. The van der Waals surface area contributed by atoms with E-state index in [1.54, 1.807) is 24.3 Å². The summed E-state index contributed by atoms with van der Waals surface area (Å²) >= 11 is 0. The van der Waals surface area contributed by atoms with Crippen LogP contribution in [0.15, 0.2) is 42.5 Å². The second-order valence-electron chi connectivity index (χ2n) is 5.87. The lowest BCUT2D eigenvalue weighted by Gasteiger charge is -2.15. The van der Waals surface area contributed by atoms with Crippen LogP contribution in [-0.2, 0) is 4.79 Å². The Labute approximate surface area is 136 Å². The van der Waals surface area contributed by atoms with Crippen LogP contribution in [0.3, 0.4) is 0 Å². The number of hydrogen-bond acceptors (Lipinski definition) is 3. The molecular weight excluding hydrogens is 292 g/mol. The maximum Gasteiger partial charge on any atom is 0.344 e. The second-order valence-corrected chi connectivity index (χ2v) is 5.87. The van der Waals surface area contributed by atoms with E-state index in [1.165, 1.54) is 6.92 Å². The minimum atomic E-state index is -0.994. The molecule has 0 bridgehead atoms. The van der Waals surface area contributed by atoms with Crippen molar-refractivity contribution in [3.05, 3.63) is 53.6 Å². The van der Waals surface area contributed by atoms with Crippen LogP contribution in [0.25, 0.3) is 0 Å². The summed E-state index contributed by atoms with van der Waals surface area (Å²) in [5.74, 6) is 1.40. The molecule has 1 atom stereocenters. The van der Waals surface area contributed by atoms with E-state index < -0.39 is 12.1 Å². The minimum Gasteiger partial charge on any atom is -0.479 e. The molecule has 2 aromatic carbocycles. The van der Waals surface area contributed by atoms with Gasteiger partial charge in [-0.25, -0.2) is 4.79 Å². The van der Waals surface area contributed by atoms with Crippen LogP contribution in [0.1, 0.15) is 37.8 Å². The number of aliphatic carboxylic acids is 1. The minimum absolute atomic E-state index is 0.365. The molecule has 0 saturated carbocycles. The van der Waals surface area contributed by atoms with Crippen LogP contribution >= 0.6 is 0 Å². The SMILES string of the molecule is Cc1ccc(C(C)C)c(Oc2ccc(OC(C)C(=O)O)cc2)c1. The summed E-state index contributed by atoms with van der Waals surface area (Å²) in [6, 6.07) is 13.1. The van der Waals surface area contributed by atoms with Crippen molar-refractivity contribution in [2.45, 2.75) is 39.7 Å². The molecule has 1 unspecified atom stereocenters. The fraction of sp³-hybridized carbons (Fsp3) is 0.316. The van der Waals surface area contributed by atoms with Crippen molar-refractivity contribution >= 4 is 5.97 Å². The molecule has 4 heteroatoms. The van der Waals surface area contributed by atoms with Gasteiger partial charge >= 0.3 is 5.97 Å². The van der Waals surface area contributed by atoms with Crippen LogP contribution in [0.4, 0.5) is 0 Å². The molecule has 2 aromatic rings. The number of aryl methyl sites for hydroxylation is 1. The molecule has 0 radical (unpaired) electrons. The number of hydrogen-bond donors (Lipinski definition) is 1. The number of carboxylic acids is 1. The van der Waals surface area contributed by atoms with E-state index in [9.17, 15) is 4.79 Å². The highest BCUT2D eigenvalue weighted by atomic mass is 16.5. The molecule has 4 nitrogen and oxygen atoms in total. The summed E-state index contributed by atoms with van der Waals surface area (Å²) < 4.78 is 11.3.